The minimum Gasteiger partial charge on any atom is -0.376 e. The summed E-state index contributed by atoms with van der Waals surface area (Å²) in [7, 11) is -3.52. The number of rotatable bonds is 8. The van der Waals surface area contributed by atoms with Crippen LogP contribution in [0.15, 0.2) is 29.2 Å². The molecule has 2 fully saturated rings. The molecule has 8 nitrogen and oxygen atoms in total. The maximum Gasteiger partial charge on any atom is 0.309 e. The topological polar surface area (TPSA) is 114 Å². The van der Waals surface area contributed by atoms with Crippen molar-refractivity contribution in [1.82, 2.24) is 15.4 Å². The number of hydrogen-bond donors (Lipinski definition) is 3. The summed E-state index contributed by atoms with van der Waals surface area (Å²) < 4.78 is 33.3. The van der Waals surface area contributed by atoms with Crippen LogP contribution in [-0.2, 0) is 30.8 Å². The van der Waals surface area contributed by atoms with E-state index in [0.717, 1.165) is 44.1 Å². The highest BCUT2D eigenvalue weighted by molar-refractivity contribution is 7.89. The van der Waals surface area contributed by atoms with Crippen molar-refractivity contribution in [3.05, 3.63) is 29.8 Å². The molecule has 3 rings (SSSR count). The molecule has 3 N–H and O–H groups in total. The molecule has 1 saturated carbocycles. The van der Waals surface area contributed by atoms with Crippen LogP contribution < -0.4 is 15.4 Å². The summed E-state index contributed by atoms with van der Waals surface area (Å²) in [5.41, 5.74) is 0.881. The maximum absolute atomic E-state index is 12.5. The second kappa shape index (κ2) is 10.9. The lowest BCUT2D eigenvalue weighted by Crippen LogP contribution is -2.43. The first-order valence-corrected chi connectivity index (χ1v) is 12.2. The zero-order chi connectivity index (χ0) is 21.4. The Morgan fingerprint density at radius 3 is 2.30 bits per heavy atom. The number of amides is 2. The van der Waals surface area contributed by atoms with Gasteiger partial charge in [0.25, 0.3) is 0 Å². The molecule has 1 aromatic carbocycles. The summed E-state index contributed by atoms with van der Waals surface area (Å²) in [4.78, 5) is 23.9. The number of sulfonamides is 1. The lowest BCUT2D eigenvalue weighted by Gasteiger charge is -2.22. The number of nitrogens with one attached hydrogen (secondary N) is 3. The largest absolute Gasteiger partial charge is 0.376 e. The molecule has 30 heavy (non-hydrogen) atoms. The first kappa shape index (κ1) is 22.7. The third-order valence-electron chi connectivity index (χ3n) is 5.58. The van der Waals surface area contributed by atoms with E-state index in [2.05, 4.69) is 15.4 Å². The number of carbonyl (C=O) groups is 2. The van der Waals surface area contributed by atoms with Crippen LogP contribution in [0, 0.1) is 0 Å². The fourth-order valence-electron chi connectivity index (χ4n) is 3.84. The third-order valence-corrected chi connectivity index (χ3v) is 7.12. The molecule has 2 amide bonds. The van der Waals surface area contributed by atoms with Crippen LogP contribution in [0.3, 0.4) is 0 Å². The molecule has 0 unspecified atom stereocenters. The van der Waals surface area contributed by atoms with Crippen molar-refractivity contribution in [1.29, 1.82) is 0 Å². The molecular formula is C21H31N3O5S. The fraction of sp³-hybridized carbons (Fsp3) is 0.619. The van der Waals surface area contributed by atoms with E-state index in [4.69, 9.17) is 4.74 Å². The van der Waals surface area contributed by atoms with Crippen LogP contribution >= 0.6 is 0 Å². The minimum atomic E-state index is -3.52. The summed E-state index contributed by atoms with van der Waals surface area (Å²) in [5.74, 6) is -1.34. The van der Waals surface area contributed by atoms with Crippen molar-refractivity contribution < 1.29 is 22.7 Å². The summed E-state index contributed by atoms with van der Waals surface area (Å²) in [6.07, 6.45) is 7.42. The van der Waals surface area contributed by atoms with Gasteiger partial charge in [-0.1, -0.05) is 31.4 Å². The first-order chi connectivity index (χ1) is 14.4. The lowest BCUT2D eigenvalue weighted by atomic mass is 9.96. The van der Waals surface area contributed by atoms with Crippen molar-refractivity contribution in [2.75, 3.05) is 19.7 Å². The molecule has 1 heterocycles. The Bertz CT molecular complexity index is 814. The molecule has 166 valence electrons. The van der Waals surface area contributed by atoms with Gasteiger partial charge in [0.1, 0.15) is 0 Å². The highest BCUT2D eigenvalue weighted by Gasteiger charge is 2.22. The Labute approximate surface area is 178 Å². The summed E-state index contributed by atoms with van der Waals surface area (Å²) in [5, 5.41) is 5.16. The summed E-state index contributed by atoms with van der Waals surface area (Å²) in [6.45, 7) is 1.33. The van der Waals surface area contributed by atoms with Crippen LogP contribution in [0.2, 0.25) is 0 Å². The molecule has 9 heteroatoms. The maximum atomic E-state index is 12.5. The van der Waals surface area contributed by atoms with Crippen molar-refractivity contribution in [2.24, 2.45) is 0 Å². The van der Waals surface area contributed by atoms with E-state index in [1.54, 1.807) is 24.3 Å². The van der Waals surface area contributed by atoms with Gasteiger partial charge in [-0.15, -0.1) is 0 Å². The van der Waals surface area contributed by atoms with Crippen LogP contribution in [0.25, 0.3) is 0 Å². The Morgan fingerprint density at radius 2 is 1.63 bits per heavy atom. The molecule has 0 spiro atoms. The van der Waals surface area contributed by atoms with E-state index in [0.29, 0.717) is 26.1 Å². The van der Waals surface area contributed by atoms with Gasteiger partial charge in [-0.3, -0.25) is 9.59 Å². The highest BCUT2D eigenvalue weighted by atomic mass is 32.2. The molecule has 1 saturated heterocycles. The standard InChI is InChI=1S/C21H31N3O5S/c25-20(21(26)23-15-18-7-4-14-29-18)22-13-12-16-8-10-19(11-9-16)30(27,28)24-17-5-2-1-3-6-17/h8-11,17-18,24H,1-7,12-15H2,(H,22,25)(H,23,26)/t18-/m0/s1. The quantitative estimate of drug-likeness (QED) is 0.530. The van der Waals surface area contributed by atoms with E-state index in [1.165, 1.54) is 6.42 Å². The van der Waals surface area contributed by atoms with Gasteiger partial charge in [0.05, 0.1) is 11.0 Å². The van der Waals surface area contributed by atoms with E-state index in [-0.39, 0.29) is 17.0 Å². The van der Waals surface area contributed by atoms with E-state index >= 15 is 0 Å². The van der Waals surface area contributed by atoms with E-state index in [9.17, 15) is 18.0 Å². The predicted octanol–water partition coefficient (Wildman–Crippen LogP) is 1.25. The van der Waals surface area contributed by atoms with Gasteiger partial charge in [-0.25, -0.2) is 13.1 Å². The third kappa shape index (κ3) is 6.78. The molecule has 1 aliphatic carbocycles. The van der Waals surface area contributed by atoms with E-state index < -0.39 is 21.8 Å². The Morgan fingerprint density at radius 1 is 0.933 bits per heavy atom. The molecule has 0 bridgehead atoms. The van der Waals surface area contributed by atoms with Gasteiger partial charge in [0.2, 0.25) is 10.0 Å². The first-order valence-electron chi connectivity index (χ1n) is 10.7. The Hall–Kier alpha value is -1.97. The SMILES string of the molecule is O=C(NCCc1ccc(S(=O)(=O)NC2CCCCC2)cc1)C(=O)NC[C@@H]1CCCO1. The monoisotopic (exact) mass is 437 g/mol. The second-order valence-electron chi connectivity index (χ2n) is 7.95. The van der Waals surface area contributed by atoms with Gasteiger partial charge in [0.15, 0.2) is 0 Å². The smallest absolute Gasteiger partial charge is 0.309 e. The normalized spacial score (nSPS) is 20.1. The van der Waals surface area contributed by atoms with Crippen LogP contribution in [0.1, 0.15) is 50.5 Å². The molecule has 1 atom stereocenters. The van der Waals surface area contributed by atoms with Crippen molar-refractivity contribution in [3.8, 4) is 0 Å². The van der Waals surface area contributed by atoms with Crippen LogP contribution in [0.5, 0.6) is 0 Å². The predicted molar refractivity (Wildman–Crippen MR) is 112 cm³/mol. The van der Waals surface area contributed by atoms with Crippen molar-refractivity contribution >= 4 is 21.8 Å². The number of benzene rings is 1. The molecular weight excluding hydrogens is 406 g/mol. The average molecular weight is 438 g/mol. The van der Waals surface area contributed by atoms with Crippen molar-refractivity contribution in [3.63, 3.8) is 0 Å². The fourth-order valence-corrected chi connectivity index (χ4v) is 5.14. The molecule has 0 radical (unpaired) electrons. The summed E-state index contributed by atoms with van der Waals surface area (Å²) >= 11 is 0. The van der Waals surface area contributed by atoms with Gasteiger partial charge in [-0.2, -0.15) is 0 Å². The van der Waals surface area contributed by atoms with E-state index in [1.807, 2.05) is 0 Å². The lowest BCUT2D eigenvalue weighted by molar-refractivity contribution is -0.139. The van der Waals surface area contributed by atoms with Gasteiger partial charge < -0.3 is 15.4 Å². The molecule has 2 aliphatic rings. The molecule has 1 aromatic rings. The highest BCUT2D eigenvalue weighted by Crippen LogP contribution is 2.20. The Kier molecular flexibility index (Phi) is 8.24. The number of hydrogen-bond acceptors (Lipinski definition) is 5. The average Bonchev–Trinajstić information content (AvgIpc) is 3.26. The van der Waals surface area contributed by atoms with Crippen LogP contribution in [0.4, 0.5) is 0 Å². The summed E-state index contributed by atoms with van der Waals surface area (Å²) in [6, 6.07) is 6.65. The molecule has 1 aliphatic heterocycles. The zero-order valence-corrected chi connectivity index (χ0v) is 18.0. The van der Waals surface area contributed by atoms with Crippen molar-refractivity contribution in [2.45, 2.75) is 68.4 Å². The zero-order valence-electron chi connectivity index (χ0n) is 17.2. The van der Waals surface area contributed by atoms with Gasteiger partial charge >= 0.3 is 11.8 Å². The minimum absolute atomic E-state index is 0.0100. The Balaban J connectivity index is 1.40. The molecule has 0 aromatic heterocycles. The van der Waals surface area contributed by atoms with Gasteiger partial charge in [-0.05, 0) is 49.8 Å². The second-order valence-corrected chi connectivity index (χ2v) is 9.67. The van der Waals surface area contributed by atoms with Gasteiger partial charge in [0, 0.05) is 25.7 Å². The van der Waals surface area contributed by atoms with Crippen LogP contribution in [-0.4, -0.2) is 52.1 Å². The number of ether oxygens (including phenoxy) is 1. The number of carbonyl (C=O) groups excluding carboxylic acids is 2.